The van der Waals surface area contributed by atoms with Crippen molar-refractivity contribution < 1.29 is 9.84 Å². The summed E-state index contributed by atoms with van der Waals surface area (Å²) in [5.41, 5.74) is -0.713. The van der Waals surface area contributed by atoms with Gasteiger partial charge < -0.3 is 20.1 Å². The van der Waals surface area contributed by atoms with E-state index in [0.717, 1.165) is 19.4 Å². The van der Waals surface area contributed by atoms with Crippen LogP contribution in [0.1, 0.15) is 33.6 Å². The van der Waals surface area contributed by atoms with Gasteiger partial charge in [-0.05, 0) is 47.7 Å². The standard InChI is InChI=1S/C13H28N2O2/c1-12(2)8-11(6-7-17-12)14-9-13(3,16)10-15(4)5/h11,14,16H,6-10H2,1-5H3. The minimum absolute atomic E-state index is 0.0384. The molecule has 0 aromatic heterocycles. The summed E-state index contributed by atoms with van der Waals surface area (Å²) in [7, 11) is 3.96. The third-order valence-corrected chi connectivity index (χ3v) is 3.13. The third-order valence-electron chi connectivity index (χ3n) is 3.13. The summed E-state index contributed by atoms with van der Waals surface area (Å²) >= 11 is 0. The lowest BCUT2D eigenvalue weighted by Gasteiger charge is -2.37. The van der Waals surface area contributed by atoms with Gasteiger partial charge in [0.25, 0.3) is 0 Å². The fourth-order valence-electron chi connectivity index (χ4n) is 2.51. The van der Waals surface area contributed by atoms with E-state index in [2.05, 4.69) is 19.2 Å². The van der Waals surface area contributed by atoms with Gasteiger partial charge >= 0.3 is 0 Å². The Morgan fingerprint density at radius 1 is 1.47 bits per heavy atom. The van der Waals surface area contributed by atoms with Crippen molar-refractivity contribution >= 4 is 0 Å². The molecule has 1 saturated heterocycles. The summed E-state index contributed by atoms with van der Waals surface area (Å²) in [6, 6.07) is 0.451. The number of rotatable bonds is 5. The van der Waals surface area contributed by atoms with Crippen molar-refractivity contribution in [1.29, 1.82) is 0 Å². The van der Waals surface area contributed by atoms with Crippen molar-refractivity contribution in [2.24, 2.45) is 0 Å². The van der Waals surface area contributed by atoms with Crippen LogP contribution in [0.5, 0.6) is 0 Å². The molecule has 1 aliphatic rings. The molecule has 102 valence electrons. The Morgan fingerprint density at radius 2 is 2.12 bits per heavy atom. The predicted octanol–water partition coefficient (Wildman–Crippen LogP) is 0.846. The fourth-order valence-corrected chi connectivity index (χ4v) is 2.51. The van der Waals surface area contributed by atoms with Crippen molar-refractivity contribution in [2.45, 2.75) is 50.9 Å². The van der Waals surface area contributed by atoms with E-state index in [1.165, 1.54) is 0 Å². The van der Waals surface area contributed by atoms with Gasteiger partial charge in [-0.1, -0.05) is 0 Å². The molecule has 0 amide bonds. The van der Waals surface area contributed by atoms with Crippen LogP contribution >= 0.6 is 0 Å². The Labute approximate surface area is 105 Å². The first-order valence-electron chi connectivity index (χ1n) is 6.45. The van der Waals surface area contributed by atoms with E-state index in [9.17, 15) is 5.11 Å². The maximum absolute atomic E-state index is 10.2. The Bertz CT molecular complexity index is 240. The fraction of sp³-hybridized carbons (Fsp3) is 1.00. The second kappa shape index (κ2) is 5.65. The van der Waals surface area contributed by atoms with Gasteiger partial charge in [0, 0.05) is 25.7 Å². The second-order valence-corrected chi connectivity index (χ2v) is 6.41. The summed E-state index contributed by atoms with van der Waals surface area (Å²) in [5.74, 6) is 0. The molecule has 2 N–H and O–H groups in total. The molecule has 2 unspecified atom stereocenters. The normalized spacial score (nSPS) is 28.1. The summed E-state index contributed by atoms with van der Waals surface area (Å²) in [5, 5.41) is 13.7. The van der Waals surface area contributed by atoms with Crippen molar-refractivity contribution in [3.8, 4) is 0 Å². The molecule has 1 fully saturated rings. The van der Waals surface area contributed by atoms with E-state index >= 15 is 0 Å². The van der Waals surface area contributed by atoms with Crippen LogP contribution in [0.25, 0.3) is 0 Å². The maximum Gasteiger partial charge on any atom is 0.0869 e. The Morgan fingerprint density at radius 3 is 2.65 bits per heavy atom. The molecule has 4 heteroatoms. The van der Waals surface area contributed by atoms with E-state index in [0.29, 0.717) is 19.1 Å². The van der Waals surface area contributed by atoms with E-state index in [1.54, 1.807) is 0 Å². The van der Waals surface area contributed by atoms with E-state index < -0.39 is 5.60 Å². The SMILES string of the molecule is CN(C)CC(C)(O)CNC1CCOC(C)(C)C1. The molecule has 2 atom stereocenters. The minimum atomic E-state index is -0.675. The zero-order valence-corrected chi connectivity index (χ0v) is 11.9. The molecule has 1 heterocycles. The van der Waals surface area contributed by atoms with Gasteiger partial charge in [-0.3, -0.25) is 0 Å². The van der Waals surface area contributed by atoms with Crippen LogP contribution in [-0.2, 0) is 4.74 Å². The van der Waals surface area contributed by atoms with Crippen LogP contribution in [0, 0.1) is 0 Å². The van der Waals surface area contributed by atoms with Gasteiger partial charge in [0.1, 0.15) is 0 Å². The third kappa shape index (κ3) is 5.82. The number of likely N-dealkylation sites (N-methyl/N-ethyl adjacent to an activating group) is 1. The monoisotopic (exact) mass is 244 g/mol. The lowest BCUT2D eigenvalue weighted by molar-refractivity contribution is -0.0663. The highest BCUT2D eigenvalue weighted by atomic mass is 16.5. The Hall–Kier alpha value is -0.160. The molecule has 17 heavy (non-hydrogen) atoms. The van der Waals surface area contributed by atoms with E-state index in [-0.39, 0.29) is 5.60 Å². The molecule has 0 aliphatic carbocycles. The molecule has 0 aromatic rings. The number of hydrogen-bond acceptors (Lipinski definition) is 4. The Kier molecular flexibility index (Phi) is 4.95. The van der Waals surface area contributed by atoms with E-state index in [4.69, 9.17) is 4.74 Å². The summed E-state index contributed by atoms with van der Waals surface area (Å²) in [6.45, 7) is 8.24. The van der Waals surface area contributed by atoms with E-state index in [1.807, 2.05) is 25.9 Å². The molecule has 4 nitrogen and oxygen atoms in total. The highest BCUT2D eigenvalue weighted by Gasteiger charge is 2.30. The highest BCUT2D eigenvalue weighted by molar-refractivity contribution is 4.86. The van der Waals surface area contributed by atoms with Gasteiger partial charge in [0.05, 0.1) is 11.2 Å². The van der Waals surface area contributed by atoms with Crippen LogP contribution in [-0.4, -0.2) is 61.0 Å². The number of hydrogen-bond donors (Lipinski definition) is 2. The van der Waals surface area contributed by atoms with Crippen LogP contribution < -0.4 is 5.32 Å². The van der Waals surface area contributed by atoms with Crippen LogP contribution in [0.2, 0.25) is 0 Å². The lowest BCUT2D eigenvalue weighted by Crippen LogP contribution is -2.51. The number of nitrogens with zero attached hydrogens (tertiary/aromatic N) is 1. The van der Waals surface area contributed by atoms with Crippen molar-refractivity contribution in [1.82, 2.24) is 10.2 Å². The van der Waals surface area contributed by atoms with Crippen molar-refractivity contribution in [3.63, 3.8) is 0 Å². The average Bonchev–Trinajstić information content (AvgIpc) is 2.11. The zero-order chi connectivity index (χ0) is 13.1. The van der Waals surface area contributed by atoms with Gasteiger partial charge in [-0.2, -0.15) is 0 Å². The van der Waals surface area contributed by atoms with Gasteiger partial charge in [0.15, 0.2) is 0 Å². The van der Waals surface area contributed by atoms with Crippen molar-refractivity contribution in [3.05, 3.63) is 0 Å². The first kappa shape index (κ1) is 14.9. The second-order valence-electron chi connectivity index (χ2n) is 6.41. The molecular weight excluding hydrogens is 216 g/mol. The maximum atomic E-state index is 10.2. The number of aliphatic hydroxyl groups is 1. The molecule has 1 rings (SSSR count). The molecule has 0 spiro atoms. The molecular formula is C13H28N2O2. The molecule has 0 bridgehead atoms. The van der Waals surface area contributed by atoms with Gasteiger partial charge in [-0.15, -0.1) is 0 Å². The van der Waals surface area contributed by atoms with Crippen LogP contribution in [0.15, 0.2) is 0 Å². The smallest absolute Gasteiger partial charge is 0.0869 e. The first-order chi connectivity index (χ1) is 7.70. The first-order valence-corrected chi connectivity index (χ1v) is 6.45. The quantitative estimate of drug-likeness (QED) is 0.752. The largest absolute Gasteiger partial charge is 0.388 e. The summed E-state index contributed by atoms with van der Waals surface area (Å²) in [4.78, 5) is 2.01. The van der Waals surface area contributed by atoms with Crippen LogP contribution in [0.4, 0.5) is 0 Å². The summed E-state index contributed by atoms with van der Waals surface area (Å²) < 4.78 is 5.68. The predicted molar refractivity (Wildman–Crippen MR) is 70.2 cm³/mol. The lowest BCUT2D eigenvalue weighted by atomic mass is 9.93. The molecule has 0 aromatic carbocycles. The summed E-state index contributed by atoms with van der Waals surface area (Å²) in [6.07, 6.45) is 2.03. The van der Waals surface area contributed by atoms with Gasteiger partial charge in [0.2, 0.25) is 0 Å². The Balaban J connectivity index is 2.35. The van der Waals surface area contributed by atoms with Crippen LogP contribution in [0.3, 0.4) is 0 Å². The minimum Gasteiger partial charge on any atom is -0.388 e. The zero-order valence-electron chi connectivity index (χ0n) is 11.9. The average molecular weight is 244 g/mol. The highest BCUT2D eigenvalue weighted by Crippen LogP contribution is 2.24. The molecule has 0 radical (unpaired) electrons. The topological polar surface area (TPSA) is 44.7 Å². The van der Waals surface area contributed by atoms with Gasteiger partial charge in [-0.25, -0.2) is 0 Å². The number of nitrogens with one attached hydrogen (secondary N) is 1. The molecule has 1 aliphatic heterocycles. The number of ether oxygens (including phenoxy) is 1. The molecule has 0 saturated carbocycles. The van der Waals surface area contributed by atoms with Crippen molar-refractivity contribution in [2.75, 3.05) is 33.8 Å².